The lowest BCUT2D eigenvalue weighted by Crippen LogP contribution is -2.57. The molecule has 10 nitrogen and oxygen atoms in total. The van der Waals surface area contributed by atoms with Crippen LogP contribution in [0, 0.1) is 11.8 Å². The summed E-state index contributed by atoms with van der Waals surface area (Å²) in [4.78, 5) is 40.8. The number of piperazine rings is 1. The van der Waals surface area contributed by atoms with E-state index < -0.39 is 10.2 Å². The van der Waals surface area contributed by atoms with Gasteiger partial charge in [-0.3, -0.25) is 19.3 Å². The molecule has 11 heteroatoms. The van der Waals surface area contributed by atoms with Gasteiger partial charge in [-0.2, -0.15) is 17.0 Å². The Morgan fingerprint density at radius 3 is 1.97 bits per heavy atom. The first-order chi connectivity index (χ1) is 15.2. The first-order valence-corrected chi connectivity index (χ1v) is 13.1. The molecule has 3 aliphatic heterocycles. The van der Waals surface area contributed by atoms with E-state index in [0.717, 1.165) is 25.7 Å². The van der Waals surface area contributed by atoms with Gasteiger partial charge in [-0.05, 0) is 26.7 Å². The Morgan fingerprint density at radius 2 is 1.44 bits per heavy atom. The summed E-state index contributed by atoms with van der Waals surface area (Å²) in [7, 11) is -3.60. The van der Waals surface area contributed by atoms with Gasteiger partial charge in [-0.25, -0.2) is 0 Å². The lowest BCUT2D eigenvalue weighted by Gasteiger charge is -2.40. The lowest BCUT2D eigenvalue weighted by molar-refractivity contribution is -0.141. The van der Waals surface area contributed by atoms with Gasteiger partial charge in [0.2, 0.25) is 17.7 Å². The molecule has 3 saturated heterocycles. The predicted molar refractivity (Wildman–Crippen MR) is 115 cm³/mol. The molecule has 0 aromatic heterocycles. The largest absolute Gasteiger partial charge is 0.373 e. The Morgan fingerprint density at radius 1 is 0.906 bits per heavy atom. The van der Waals surface area contributed by atoms with E-state index in [2.05, 4.69) is 0 Å². The summed E-state index contributed by atoms with van der Waals surface area (Å²) < 4.78 is 34.6. The van der Waals surface area contributed by atoms with Crippen LogP contribution in [0.3, 0.4) is 0 Å². The summed E-state index contributed by atoms with van der Waals surface area (Å²) in [6.45, 7) is 5.57. The molecule has 3 amide bonds. The van der Waals surface area contributed by atoms with Crippen molar-refractivity contribution >= 4 is 27.9 Å². The molecule has 32 heavy (non-hydrogen) atoms. The van der Waals surface area contributed by atoms with E-state index in [-0.39, 0.29) is 67.8 Å². The summed E-state index contributed by atoms with van der Waals surface area (Å²) in [5.41, 5.74) is 0. The number of ether oxygens (including phenoxy) is 1. The Balaban J connectivity index is 1.27. The molecular weight excluding hydrogens is 436 g/mol. The molecule has 180 valence electrons. The molecule has 1 saturated carbocycles. The van der Waals surface area contributed by atoms with Gasteiger partial charge >= 0.3 is 0 Å². The molecule has 3 heterocycles. The highest BCUT2D eigenvalue weighted by Gasteiger charge is 2.48. The Kier molecular flexibility index (Phi) is 6.90. The van der Waals surface area contributed by atoms with E-state index in [1.807, 2.05) is 13.8 Å². The average Bonchev–Trinajstić information content (AvgIpc) is 3.01. The number of likely N-dealkylation sites (tertiary alicyclic amines) is 1. The fraction of sp³-hybridized carbons (Fsp3) is 0.857. The summed E-state index contributed by atoms with van der Waals surface area (Å²) in [6.07, 6.45) is 3.24. The molecule has 4 fully saturated rings. The van der Waals surface area contributed by atoms with E-state index in [1.165, 1.54) is 13.5 Å². The minimum atomic E-state index is -3.60. The number of amides is 3. The number of hydrogen-bond donors (Lipinski definition) is 0. The maximum Gasteiger partial charge on any atom is 0.282 e. The van der Waals surface area contributed by atoms with Crippen LogP contribution >= 0.6 is 0 Å². The Hall–Kier alpha value is -1.56. The summed E-state index contributed by atoms with van der Waals surface area (Å²) in [6, 6.07) is 0. The monoisotopic (exact) mass is 470 g/mol. The van der Waals surface area contributed by atoms with E-state index in [1.54, 1.807) is 4.90 Å². The van der Waals surface area contributed by atoms with Gasteiger partial charge in [0.15, 0.2) is 0 Å². The second-order valence-corrected chi connectivity index (χ2v) is 11.4. The van der Waals surface area contributed by atoms with Crippen molar-refractivity contribution in [3.8, 4) is 0 Å². The summed E-state index contributed by atoms with van der Waals surface area (Å²) >= 11 is 0. The molecular formula is C21H34N4O6S. The van der Waals surface area contributed by atoms with Crippen molar-refractivity contribution in [3.05, 3.63) is 0 Å². The van der Waals surface area contributed by atoms with Crippen molar-refractivity contribution < 1.29 is 27.5 Å². The van der Waals surface area contributed by atoms with Crippen molar-refractivity contribution in [2.45, 2.75) is 58.2 Å². The molecule has 1 aliphatic carbocycles. The molecule has 4 rings (SSSR count). The molecule has 0 bridgehead atoms. The van der Waals surface area contributed by atoms with Gasteiger partial charge in [0.05, 0.1) is 24.0 Å². The zero-order valence-corrected chi connectivity index (χ0v) is 19.8. The normalized spacial score (nSPS) is 32.9. The minimum Gasteiger partial charge on any atom is -0.373 e. The van der Waals surface area contributed by atoms with Gasteiger partial charge in [-0.1, -0.05) is 12.8 Å². The van der Waals surface area contributed by atoms with E-state index in [0.29, 0.717) is 26.2 Å². The SMILES string of the molecule is CC1CN(S(=O)(=O)N2CCN(C(=O)CCN3C(=O)C4CCCCC4C3=O)CC2)CC(C)O1. The van der Waals surface area contributed by atoms with Crippen LogP contribution in [0.25, 0.3) is 0 Å². The fourth-order valence-electron chi connectivity index (χ4n) is 5.47. The van der Waals surface area contributed by atoms with Crippen LogP contribution in [0.4, 0.5) is 0 Å². The maximum absolute atomic E-state index is 13.0. The molecule has 4 atom stereocenters. The third kappa shape index (κ3) is 4.57. The third-order valence-corrected chi connectivity index (χ3v) is 9.08. The highest BCUT2D eigenvalue weighted by atomic mass is 32.2. The van der Waals surface area contributed by atoms with Crippen LogP contribution in [0.5, 0.6) is 0 Å². The number of nitrogens with zero attached hydrogens (tertiary/aromatic N) is 4. The first-order valence-electron chi connectivity index (χ1n) is 11.7. The van der Waals surface area contributed by atoms with Crippen molar-refractivity contribution in [2.24, 2.45) is 11.8 Å². The van der Waals surface area contributed by atoms with Crippen molar-refractivity contribution in [1.29, 1.82) is 0 Å². The fourth-order valence-corrected chi connectivity index (χ4v) is 7.22. The molecule has 0 N–H and O–H groups in total. The second-order valence-electron chi connectivity index (χ2n) is 9.44. The smallest absolute Gasteiger partial charge is 0.282 e. The van der Waals surface area contributed by atoms with Crippen LogP contribution in [0.1, 0.15) is 46.0 Å². The van der Waals surface area contributed by atoms with Gasteiger partial charge in [-0.15, -0.1) is 0 Å². The maximum atomic E-state index is 13.0. The van der Waals surface area contributed by atoms with Crippen LogP contribution < -0.4 is 0 Å². The third-order valence-electron chi connectivity index (χ3n) is 7.11. The minimum absolute atomic E-state index is 0.0855. The topological polar surface area (TPSA) is 108 Å². The molecule has 0 aromatic carbocycles. The van der Waals surface area contributed by atoms with Crippen molar-refractivity contribution in [3.63, 3.8) is 0 Å². The van der Waals surface area contributed by atoms with Gasteiger partial charge < -0.3 is 9.64 Å². The van der Waals surface area contributed by atoms with Gasteiger partial charge in [0, 0.05) is 52.2 Å². The standard InChI is InChI=1S/C21H34N4O6S/c1-15-13-24(14-16(2)31-15)32(29,30)23-11-9-22(10-12-23)19(26)7-8-25-20(27)17-5-3-4-6-18(17)21(25)28/h15-18H,3-14H2,1-2H3. The lowest BCUT2D eigenvalue weighted by atomic mass is 9.81. The van der Waals surface area contributed by atoms with Gasteiger partial charge in [0.1, 0.15) is 0 Å². The number of hydrogen-bond acceptors (Lipinski definition) is 6. The molecule has 0 radical (unpaired) electrons. The van der Waals surface area contributed by atoms with Crippen LogP contribution in [-0.4, -0.2) is 103 Å². The Labute approximate surface area is 190 Å². The second kappa shape index (κ2) is 9.36. The average molecular weight is 471 g/mol. The van der Waals surface area contributed by atoms with Crippen LogP contribution in [0.15, 0.2) is 0 Å². The van der Waals surface area contributed by atoms with Crippen molar-refractivity contribution in [2.75, 3.05) is 45.8 Å². The number of rotatable bonds is 5. The first kappa shape index (κ1) is 23.6. The zero-order chi connectivity index (χ0) is 23.0. The number of carbonyl (C=O) groups excluding carboxylic acids is 3. The number of carbonyl (C=O) groups is 3. The predicted octanol–water partition coefficient (Wildman–Crippen LogP) is 0.0499. The Bertz CT molecular complexity index is 822. The molecule has 4 aliphatic rings. The molecule has 4 unspecified atom stereocenters. The highest BCUT2D eigenvalue weighted by Crippen LogP contribution is 2.38. The zero-order valence-electron chi connectivity index (χ0n) is 18.9. The van der Waals surface area contributed by atoms with Crippen molar-refractivity contribution in [1.82, 2.24) is 18.4 Å². The number of fused-ring (bicyclic) bond motifs is 1. The summed E-state index contributed by atoms with van der Waals surface area (Å²) in [5, 5.41) is 0. The van der Waals surface area contributed by atoms with Gasteiger partial charge in [0.25, 0.3) is 10.2 Å². The number of morpholine rings is 1. The van der Waals surface area contributed by atoms with Crippen LogP contribution in [-0.2, 0) is 29.3 Å². The number of imide groups is 1. The van der Waals surface area contributed by atoms with Crippen LogP contribution in [0.2, 0.25) is 0 Å². The van der Waals surface area contributed by atoms with E-state index in [9.17, 15) is 22.8 Å². The van der Waals surface area contributed by atoms with E-state index >= 15 is 0 Å². The quantitative estimate of drug-likeness (QED) is 0.526. The summed E-state index contributed by atoms with van der Waals surface area (Å²) in [5.74, 6) is -0.808. The molecule has 0 spiro atoms. The highest BCUT2D eigenvalue weighted by molar-refractivity contribution is 7.86. The molecule has 0 aromatic rings. The van der Waals surface area contributed by atoms with E-state index in [4.69, 9.17) is 4.74 Å².